The van der Waals surface area contributed by atoms with Gasteiger partial charge in [-0.1, -0.05) is 87.7 Å². The van der Waals surface area contributed by atoms with Crippen molar-refractivity contribution in [2.24, 2.45) is 9.98 Å². The van der Waals surface area contributed by atoms with Crippen LogP contribution in [0.2, 0.25) is 0 Å². The van der Waals surface area contributed by atoms with E-state index in [1.165, 1.54) is 106 Å². The predicted octanol–water partition coefficient (Wildman–Crippen LogP) is 6.99. The van der Waals surface area contributed by atoms with Gasteiger partial charge in [0.1, 0.15) is 0 Å². The second-order valence-electron chi connectivity index (χ2n) is 8.95. The summed E-state index contributed by atoms with van der Waals surface area (Å²) < 4.78 is 0. The zero-order chi connectivity index (χ0) is 19.7. The van der Waals surface area contributed by atoms with Crippen LogP contribution in [0.25, 0.3) is 0 Å². The van der Waals surface area contributed by atoms with Gasteiger partial charge in [0.25, 0.3) is 0 Å². The minimum Gasteiger partial charge on any atom is -0.362 e. The lowest BCUT2D eigenvalue weighted by Gasteiger charge is -2.25. The maximum atomic E-state index is 5.32. The van der Waals surface area contributed by atoms with Crippen molar-refractivity contribution in [3.63, 3.8) is 0 Å². The third-order valence-electron chi connectivity index (χ3n) is 6.61. The van der Waals surface area contributed by atoms with Crippen LogP contribution in [-0.2, 0) is 0 Å². The van der Waals surface area contributed by atoms with E-state index in [2.05, 4.69) is 20.6 Å². The second-order valence-corrected chi connectivity index (χ2v) is 10.8. The first-order chi connectivity index (χ1) is 14.4. The second kappa shape index (κ2) is 15.0. The first kappa shape index (κ1) is 27.2. The molecule has 0 amide bonds. The van der Waals surface area contributed by atoms with Crippen LogP contribution in [0.5, 0.6) is 0 Å². The molecule has 0 aromatic heterocycles. The van der Waals surface area contributed by atoms with Crippen molar-refractivity contribution in [2.75, 3.05) is 18.8 Å². The summed E-state index contributed by atoms with van der Waals surface area (Å²) in [5.74, 6) is 1.01. The molecule has 2 aliphatic carbocycles. The van der Waals surface area contributed by atoms with Crippen molar-refractivity contribution in [2.45, 2.75) is 102 Å². The van der Waals surface area contributed by atoms with Gasteiger partial charge in [-0.15, -0.1) is 24.8 Å². The Hall–Kier alpha value is -0.0400. The Kier molecular flexibility index (Phi) is 13.1. The quantitative estimate of drug-likeness (QED) is 0.329. The minimum absolute atomic E-state index is 0. The summed E-state index contributed by atoms with van der Waals surface area (Å²) in [6, 6.07) is 1.14. The average molecular weight is 508 g/mol. The van der Waals surface area contributed by atoms with Gasteiger partial charge in [0.05, 0.1) is 12.6 Å². The summed E-state index contributed by atoms with van der Waals surface area (Å²) in [5, 5.41) is 8.64. The molecule has 0 aromatic rings. The molecule has 4 aliphatic rings. The van der Waals surface area contributed by atoms with Crippen molar-refractivity contribution >= 4 is 58.7 Å². The number of amidine groups is 2. The van der Waals surface area contributed by atoms with Gasteiger partial charge in [-0.3, -0.25) is 9.98 Å². The molecule has 8 heteroatoms. The van der Waals surface area contributed by atoms with Crippen LogP contribution in [0.15, 0.2) is 21.1 Å². The average Bonchev–Trinajstić information content (AvgIpc) is 3.28. The highest BCUT2D eigenvalue weighted by Crippen LogP contribution is 2.31. The van der Waals surface area contributed by atoms with Crippen LogP contribution >= 0.6 is 48.3 Å². The maximum absolute atomic E-state index is 5.32. The highest BCUT2D eigenvalue weighted by molar-refractivity contribution is 8.17. The van der Waals surface area contributed by atoms with Gasteiger partial charge in [0.15, 0.2) is 10.3 Å². The van der Waals surface area contributed by atoms with E-state index in [4.69, 9.17) is 4.99 Å². The molecule has 0 saturated heterocycles. The summed E-state index contributed by atoms with van der Waals surface area (Å²) in [5.41, 5.74) is 1.42. The smallest absolute Gasteiger partial charge is 0.167 e. The van der Waals surface area contributed by atoms with Gasteiger partial charge in [0, 0.05) is 24.0 Å². The Morgan fingerprint density at radius 1 is 0.968 bits per heavy atom. The zero-order valence-electron chi connectivity index (χ0n) is 18.7. The zero-order valence-corrected chi connectivity index (χ0v) is 22.0. The number of aliphatic imine (C=N–C) groups is 2. The van der Waals surface area contributed by atoms with E-state index < -0.39 is 0 Å². The molecule has 0 bridgehead atoms. The van der Waals surface area contributed by atoms with Crippen LogP contribution in [-0.4, -0.2) is 46.2 Å². The van der Waals surface area contributed by atoms with E-state index in [0.717, 1.165) is 18.8 Å². The van der Waals surface area contributed by atoms with Crippen molar-refractivity contribution in [3.8, 4) is 0 Å². The first-order valence-corrected chi connectivity index (χ1v) is 13.9. The van der Waals surface area contributed by atoms with Gasteiger partial charge in [0.2, 0.25) is 0 Å². The van der Waals surface area contributed by atoms with E-state index in [1.54, 1.807) is 11.8 Å². The summed E-state index contributed by atoms with van der Waals surface area (Å²) in [6.45, 7) is 2.01. The highest BCUT2D eigenvalue weighted by Gasteiger charge is 2.26. The Labute approximate surface area is 210 Å². The number of nitrogens with zero attached hydrogens (tertiary/aromatic N) is 3. The lowest BCUT2D eigenvalue weighted by molar-refractivity contribution is 0.426. The van der Waals surface area contributed by atoms with Crippen LogP contribution < -0.4 is 5.32 Å². The molecular weight excluding hydrogens is 467 g/mol. The van der Waals surface area contributed by atoms with E-state index in [-0.39, 0.29) is 24.8 Å². The van der Waals surface area contributed by atoms with Crippen molar-refractivity contribution in [1.82, 2.24) is 10.2 Å². The topological polar surface area (TPSA) is 40.0 Å². The van der Waals surface area contributed by atoms with Crippen molar-refractivity contribution in [3.05, 3.63) is 11.1 Å². The molecule has 1 N–H and O–H groups in total. The Bertz CT molecular complexity index is 611. The van der Waals surface area contributed by atoms with Crippen LogP contribution in [0.4, 0.5) is 0 Å². The van der Waals surface area contributed by atoms with Gasteiger partial charge >= 0.3 is 0 Å². The van der Waals surface area contributed by atoms with Crippen LogP contribution in [0.3, 0.4) is 0 Å². The summed E-state index contributed by atoms with van der Waals surface area (Å²) in [6.07, 6.45) is 19.1. The number of halogens is 2. The standard InChI is InChI=1S/C23H38N4S2.2ClH/c1-3-7-11-19(12-8-4-1)25-22(26-20-13-9-5-2-6-10-14-20)28-17-21-18-29-23-24-15-16-27(21)23;;/h18-20H,1-17H2,(H,25,26);2*1H. The van der Waals surface area contributed by atoms with E-state index in [9.17, 15) is 0 Å². The fourth-order valence-corrected chi connectivity index (χ4v) is 6.91. The molecular formula is C23H40Cl2N4S2. The number of rotatable bonds is 4. The van der Waals surface area contributed by atoms with Crippen molar-refractivity contribution in [1.29, 1.82) is 0 Å². The van der Waals surface area contributed by atoms with Crippen LogP contribution in [0.1, 0.15) is 89.9 Å². The Balaban J connectivity index is 0.00000171. The monoisotopic (exact) mass is 506 g/mol. The third kappa shape index (κ3) is 8.68. The summed E-state index contributed by atoms with van der Waals surface area (Å²) in [4.78, 5) is 12.3. The Morgan fingerprint density at radius 2 is 1.58 bits per heavy atom. The molecule has 0 atom stereocenters. The molecule has 4 rings (SSSR count). The minimum atomic E-state index is 0. The van der Waals surface area contributed by atoms with E-state index in [0.29, 0.717) is 12.1 Å². The number of hydrogen-bond acceptors (Lipinski definition) is 5. The van der Waals surface area contributed by atoms with E-state index in [1.807, 2.05) is 11.8 Å². The number of hydrogen-bond donors (Lipinski definition) is 1. The first-order valence-electron chi connectivity index (χ1n) is 12.0. The van der Waals surface area contributed by atoms with Crippen molar-refractivity contribution < 1.29 is 0 Å². The summed E-state index contributed by atoms with van der Waals surface area (Å²) in [7, 11) is 0. The van der Waals surface area contributed by atoms with Gasteiger partial charge in [-0.25, -0.2) is 0 Å². The van der Waals surface area contributed by atoms with Crippen LogP contribution in [0, 0.1) is 0 Å². The molecule has 0 radical (unpaired) electrons. The Morgan fingerprint density at radius 3 is 2.26 bits per heavy atom. The molecule has 0 spiro atoms. The molecule has 0 aromatic carbocycles. The summed E-state index contributed by atoms with van der Waals surface area (Å²) >= 11 is 3.73. The lowest BCUT2D eigenvalue weighted by Crippen LogP contribution is -2.35. The fourth-order valence-electron chi connectivity index (χ4n) is 4.85. The largest absolute Gasteiger partial charge is 0.362 e. The number of fused-ring (bicyclic) bond motifs is 1. The molecule has 2 fully saturated rings. The predicted molar refractivity (Wildman–Crippen MR) is 144 cm³/mol. The highest BCUT2D eigenvalue weighted by atomic mass is 35.5. The molecule has 0 unspecified atom stereocenters. The lowest BCUT2D eigenvalue weighted by atomic mass is 9.97. The number of thioether (sulfide) groups is 2. The van der Waals surface area contributed by atoms with Gasteiger partial charge in [-0.2, -0.15) is 0 Å². The normalized spacial score (nSPS) is 23.9. The molecule has 4 nitrogen and oxygen atoms in total. The number of nitrogens with one attached hydrogen (secondary N) is 1. The molecule has 2 saturated carbocycles. The van der Waals surface area contributed by atoms with Gasteiger partial charge < -0.3 is 10.2 Å². The molecule has 2 heterocycles. The fraction of sp³-hybridized carbons (Fsp3) is 0.826. The maximum Gasteiger partial charge on any atom is 0.167 e. The van der Waals surface area contributed by atoms with Gasteiger partial charge in [-0.05, 0) is 31.1 Å². The third-order valence-corrected chi connectivity index (χ3v) is 8.50. The molecule has 178 valence electrons. The molecule has 31 heavy (non-hydrogen) atoms. The molecule has 2 aliphatic heterocycles. The van der Waals surface area contributed by atoms with E-state index >= 15 is 0 Å². The SMILES string of the molecule is C1=C(CSC(=NC2CCCCCCC2)NC2CCCCCCC2)N2CCN=C2S1.Cl.Cl.